The first-order chi connectivity index (χ1) is 6.68. The van der Waals surface area contributed by atoms with Crippen LogP contribution in [0, 0.1) is 6.92 Å². The lowest BCUT2D eigenvalue weighted by molar-refractivity contribution is 1.14. The Labute approximate surface area is 85.0 Å². The van der Waals surface area contributed by atoms with Crippen LogP contribution in [0.25, 0.3) is 10.8 Å². The minimum atomic E-state index is 1.06. The second-order valence-electron chi connectivity index (χ2n) is 3.73. The molecule has 0 spiro atoms. The van der Waals surface area contributed by atoms with E-state index in [0.717, 1.165) is 5.56 Å². The van der Waals surface area contributed by atoms with Gasteiger partial charge in [0.2, 0.25) is 0 Å². The van der Waals surface area contributed by atoms with Crippen molar-refractivity contribution in [2.75, 3.05) is 19.0 Å². The molecule has 0 fully saturated rings. The number of nitrogens with zero attached hydrogens (tertiary/aromatic N) is 1. The molecule has 0 N–H and O–H groups in total. The summed E-state index contributed by atoms with van der Waals surface area (Å²) in [6.45, 7) is 3.99. The molecule has 1 heteroatoms. The summed E-state index contributed by atoms with van der Waals surface area (Å²) < 4.78 is 0. The molecule has 2 aromatic carbocycles. The Morgan fingerprint density at radius 1 is 1.07 bits per heavy atom. The molecular weight excluding hydrogens is 170 g/mol. The highest BCUT2D eigenvalue weighted by Crippen LogP contribution is 2.26. The highest BCUT2D eigenvalue weighted by Gasteiger charge is 2.02. The van der Waals surface area contributed by atoms with Crippen molar-refractivity contribution in [2.24, 2.45) is 0 Å². The zero-order chi connectivity index (χ0) is 10.1. The van der Waals surface area contributed by atoms with Crippen LogP contribution in [0.4, 0.5) is 5.69 Å². The maximum absolute atomic E-state index is 3.99. The van der Waals surface area contributed by atoms with Gasteiger partial charge in [-0.15, -0.1) is 0 Å². The first kappa shape index (κ1) is 9.07. The van der Waals surface area contributed by atoms with Gasteiger partial charge < -0.3 is 4.90 Å². The van der Waals surface area contributed by atoms with Crippen molar-refractivity contribution in [1.29, 1.82) is 0 Å². The van der Waals surface area contributed by atoms with E-state index in [9.17, 15) is 0 Å². The summed E-state index contributed by atoms with van der Waals surface area (Å²) in [5, 5.41) is 2.54. The van der Waals surface area contributed by atoms with Crippen LogP contribution in [0.1, 0.15) is 5.56 Å². The molecule has 0 atom stereocenters. The Morgan fingerprint density at radius 3 is 2.50 bits per heavy atom. The fourth-order valence-corrected chi connectivity index (χ4v) is 1.72. The first-order valence-electron chi connectivity index (χ1n) is 4.70. The average molecular weight is 184 g/mol. The summed E-state index contributed by atoms with van der Waals surface area (Å²) in [5.41, 5.74) is 2.29. The summed E-state index contributed by atoms with van der Waals surface area (Å²) in [6.07, 6.45) is 0. The molecule has 1 nitrogen and oxygen atoms in total. The van der Waals surface area contributed by atoms with Crippen molar-refractivity contribution in [1.82, 2.24) is 0 Å². The largest absolute Gasteiger partial charge is 0.377 e. The fourth-order valence-electron chi connectivity index (χ4n) is 1.72. The summed E-state index contributed by atoms with van der Waals surface area (Å²) >= 11 is 0. The molecular formula is C13H14N. The van der Waals surface area contributed by atoms with Gasteiger partial charge in [-0.3, -0.25) is 0 Å². The minimum Gasteiger partial charge on any atom is -0.377 e. The van der Waals surface area contributed by atoms with Gasteiger partial charge in [0.1, 0.15) is 0 Å². The summed E-state index contributed by atoms with van der Waals surface area (Å²) in [5.74, 6) is 0. The molecule has 0 saturated heterocycles. The Morgan fingerprint density at radius 2 is 1.79 bits per heavy atom. The number of hydrogen-bond acceptors (Lipinski definition) is 1. The molecule has 2 rings (SSSR count). The van der Waals surface area contributed by atoms with Crippen LogP contribution in [0.15, 0.2) is 36.4 Å². The summed E-state index contributed by atoms with van der Waals surface area (Å²) in [6, 6.07) is 12.6. The number of rotatable bonds is 1. The monoisotopic (exact) mass is 184 g/mol. The van der Waals surface area contributed by atoms with Crippen molar-refractivity contribution < 1.29 is 0 Å². The highest BCUT2D eigenvalue weighted by molar-refractivity contribution is 5.95. The zero-order valence-electron chi connectivity index (χ0n) is 8.62. The van der Waals surface area contributed by atoms with Gasteiger partial charge in [0.25, 0.3) is 0 Å². The quantitative estimate of drug-likeness (QED) is 0.658. The second kappa shape index (κ2) is 3.33. The van der Waals surface area contributed by atoms with E-state index in [1.54, 1.807) is 0 Å². The Kier molecular flexibility index (Phi) is 2.16. The highest BCUT2D eigenvalue weighted by atomic mass is 15.1. The van der Waals surface area contributed by atoms with Gasteiger partial charge in [0.05, 0.1) is 0 Å². The summed E-state index contributed by atoms with van der Waals surface area (Å²) in [4.78, 5) is 2.12. The van der Waals surface area contributed by atoms with Crippen LogP contribution in [0.3, 0.4) is 0 Å². The molecule has 0 aromatic heterocycles. The molecule has 0 bridgehead atoms. The van der Waals surface area contributed by atoms with Crippen LogP contribution in [-0.2, 0) is 0 Å². The Hall–Kier alpha value is -1.50. The topological polar surface area (TPSA) is 3.24 Å². The van der Waals surface area contributed by atoms with E-state index in [4.69, 9.17) is 0 Å². The molecule has 0 aliphatic rings. The molecule has 1 radical (unpaired) electrons. The molecule has 0 unspecified atom stereocenters. The van der Waals surface area contributed by atoms with Crippen LogP contribution in [-0.4, -0.2) is 14.1 Å². The van der Waals surface area contributed by atoms with Gasteiger partial charge in [-0.2, -0.15) is 0 Å². The van der Waals surface area contributed by atoms with E-state index in [1.807, 2.05) is 0 Å². The SMILES string of the molecule is [CH2]c1cc(N(C)C)c2ccccc2c1. The maximum Gasteiger partial charge on any atom is 0.0443 e. The number of benzene rings is 2. The molecule has 0 aliphatic heterocycles. The van der Waals surface area contributed by atoms with Gasteiger partial charge in [-0.1, -0.05) is 30.3 Å². The lowest BCUT2D eigenvalue weighted by Crippen LogP contribution is -2.09. The first-order valence-corrected chi connectivity index (χ1v) is 4.70. The normalized spacial score (nSPS) is 10.5. The van der Waals surface area contributed by atoms with Crippen LogP contribution < -0.4 is 4.90 Å². The smallest absolute Gasteiger partial charge is 0.0443 e. The van der Waals surface area contributed by atoms with Crippen molar-refractivity contribution in [3.05, 3.63) is 48.9 Å². The number of fused-ring (bicyclic) bond motifs is 1. The van der Waals surface area contributed by atoms with Gasteiger partial charge >= 0.3 is 0 Å². The number of anilines is 1. The van der Waals surface area contributed by atoms with Crippen LogP contribution in [0.5, 0.6) is 0 Å². The third kappa shape index (κ3) is 1.46. The lowest BCUT2D eigenvalue weighted by Gasteiger charge is -2.16. The van der Waals surface area contributed by atoms with E-state index >= 15 is 0 Å². The summed E-state index contributed by atoms with van der Waals surface area (Å²) in [7, 11) is 4.11. The Balaban J connectivity index is 2.80. The second-order valence-corrected chi connectivity index (χ2v) is 3.73. The van der Waals surface area contributed by atoms with Gasteiger partial charge in [-0.05, 0) is 23.9 Å². The number of hydrogen-bond donors (Lipinski definition) is 0. The third-order valence-electron chi connectivity index (χ3n) is 2.38. The molecule has 0 heterocycles. The van der Waals surface area contributed by atoms with Gasteiger partial charge in [0.15, 0.2) is 0 Å². The standard InChI is InChI=1S/C13H14N/c1-10-8-11-6-4-5-7-12(11)13(9-10)14(2)3/h4-9H,1H2,2-3H3. The van der Waals surface area contributed by atoms with Gasteiger partial charge in [-0.25, -0.2) is 0 Å². The zero-order valence-corrected chi connectivity index (χ0v) is 8.62. The molecule has 0 amide bonds. The van der Waals surface area contributed by atoms with E-state index in [-0.39, 0.29) is 0 Å². The predicted octanol–water partition coefficient (Wildman–Crippen LogP) is 3.09. The van der Waals surface area contributed by atoms with Crippen molar-refractivity contribution in [3.8, 4) is 0 Å². The fraction of sp³-hybridized carbons (Fsp3) is 0.154. The molecule has 71 valence electrons. The third-order valence-corrected chi connectivity index (χ3v) is 2.38. The van der Waals surface area contributed by atoms with Gasteiger partial charge in [0, 0.05) is 25.2 Å². The van der Waals surface area contributed by atoms with E-state index in [0.29, 0.717) is 0 Å². The minimum absolute atomic E-state index is 1.06. The molecule has 14 heavy (non-hydrogen) atoms. The molecule has 0 saturated carbocycles. The molecule has 2 aromatic rings. The Bertz CT molecular complexity index is 458. The maximum atomic E-state index is 3.99. The van der Waals surface area contributed by atoms with Crippen molar-refractivity contribution >= 4 is 16.5 Å². The molecule has 0 aliphatic carbocycles. The van der Waals surface area contributed by atoms with E-state index < -0.39 is 0 Å². The van der Waals surface area contributed by atoms with Crippen LogP contribution in [0.2, 0.25) is 0 Å². The van der Waals surface area contributed by atoms with Crippen molar-refractivity contribution in [2.45, 2.75) is 0 Å². The average Bonchev–Trinajstić information content (AvgIpc) is 2.16. The van der Waals surface area contributed by atoms with E-state index in [2.05, 4.69) is 62.3 Å². The lowest BCUT2D eigenvalue weighted by atomic mass is 10.1. The van der Waals surface area contributed by atoms with E-state index in [1.165, 1.54) is 16.5 Å². The van der Waals surface area contributed by atoms with Crippen LogP contribution >= 0.6 is 0 Å². The van der Waals surface area contributed by atoms with Crippen molar-refractivity contribution in [3.63, 3.8) is 0 Å². The predicted molar refractivity (Wildman–Crippen MR) is 62.7 cm³/mol.